The number of allylic oxidation sites excluding steroid dienone is 1. The number of nitrogens with one attached hydrogen (secondary N) is 1. The summed E-state index contributed by atoms with van der Waals surface area (Å²) in [7, 11) is 1.32. The molecule has 1 amide bonds. The van der Waals surface area contributed by atoms with Crippen LogP contribution < -0.4 is 5.32 Å². The van der Waals surface area contributed by atoms with Gasteiger partial charge in [-0.05, 0) is 60.0 Å². The smallest absolute Gasteiger partial charge is 0.340 e. The number of aromatic nitrogens is 2. The number of hydrogen-bond acceptors (Lipinski definition) is 4. The van der Waals surface area contributed by atoms with E-state index in [9.17, 15) is 9.59 Å². The molecule has 4 rings (SSSR count). The van der Waals surface area contributed by atoms with Crippen LogP contribution in [0.5, 0.6) is 0 Å². The molecular formula is C28H27N3O3. The Morgan fingerprint density at radius 3 is 2.56 bits per heavy atom. The predicted octanol–water partition coefficient (Wildman–Crippen LogP) is 5.72. The molecule has 0 saturated carbocycles. The second-order valence-corrected chi connectivity index (χ2v) is 8.12. The summed E-state index contributed by atoms with van der Waals surface area (Å²) in [5.74, 6) is 0.0394. The topological polar surface area (TPSA) is 73.2 Å². The molecule has 1 heterocycles. The minimum absolute atomic E-state index is 0.276. The highest BCUT2D eigenvalue weighted by Gasteiger charge is 2.16. The highest BCUT2D eigenvalue weighted by molar-refractivity contribution is 6.08. The van der Waals surface area contributed by atoms with Gasteiger partial charge in [0, 0.05) is 24.4 Å². The normalized spacial score (nSPS) is 11.5. The Balaban J connectivity index is 1.62. The number of anilines is 1. The third-order valence-corrected chi connectivity index (χ3v) is 5.71. The highest BCUT2D eigenvalue weighted by atomic mass is 16.5. The summed E-state index contributed by atoms with van der Waals surface area (Å²) in [5.41, 5.74) is 4.11. The van der Waals surface area contributed by atoms with E-state index in [1.807, 2.05) is 67.9 Å². The standard InChI is InChI=1S/C28H27N3O3/c1-5-26-29-19(3)17-31(26)23-12-13-25(24(16-23)28(33)34-4)30-27(32)14-18(2)21-11-10-20-8-6-7-9-22(20)15-21/h6-17H,5H2,1-4H3,(H,30,32)/b18-14-. The highest BCUT2D eigenvalue weighted by Crippen LogP contribution is 2.24. The first-order valence-electron chi connectivity index (χ1n) is 11.2. The number of fused-ring (bicyclic) bond motifs is 1. The number of ether oxygens (including phenoxy) is 1. The van der Waals surface area contributed by atoms with E-state index < -0.39 is 5.97 Å². The van der Waals surface area contributed by atoms with Gasteiger partial charge in [-0.15, -0.1) is 0 Å². The molecule has 0 bridgehead atoms. The minimum atomic E-state index is -0.526. The lowest BCUT2D eigenvalue weighted by atomic mass is 10.0. The molecule has 6 nitrogen and oxygen atoms in total. The van der Waals surface area contributed by atoms with Crippen LogP contribution in [0.4, 0.5) is 5.69 Å². The Morgan fingerprint density at radius 1 is 1.06 bits per heavy atom. The molecule has 3 aromatic carbocycles. The second-order valence-electron chi connectivity index (χ2n) is 8.12. The number of amides is 1. The number of nitrogens with zero attached hydrogens (tertiary/aromatic N) is 2. The van der Waals surface area contributed by atoms with Crippen LogP contribution in [0, 0.1) is 6.92 Å². The lowest BCUT2D eigenvalue weighted by molar-refractivity contribution is -0.111. The average molecular weight is 454 g/mol. The first kappa shape index (κ1) is 23.0. The maximum absolute atomic E-state index is 12.8. The fraction of sp³-hybridized carbons (Fsp3) is 0.179. The number of esters is 1. The van der Waals surface area contributed by atoms with E-state index in [-0.39, 0.29) is 11.5 Å². The molecule has 0 radical (unpaired) electrons. The Labute approximate surface area is 198 Å². The second kappa shape index (κ2) is 9.75. The predicted molar refractivity (Wildman–Crippen MR) is 135 cm³/mol. The Morgan fingerprint density at radius 2 is 1.82 bits per heavy atom. The van der Waals surface area contributed by atoms with Gasteiger partial charge in [0.25, 0.3) is 0 Å². The molecule has 34 heavy (non-hydrogen) atoms. The van der Waals surface area contributed by atoms with E-state index in [1.165, 1.54) is 13.2 Å². The number of imidazole rings is 1. The van der Waals surface area contributed by atoms with E-state index in [2.05, 4.69) is 22.4 Å². The summed E-state index contributed by atoms with van der Waals surface area (Å²) in [6.07, 6.45) is 4.20. The third kappa shape index (κ3) is 4.76. The van der Waals surface area contributed by atoms with Crippen LogP contribution in [-0.4, -0.2) is 28.5 Å². The molecule has 0 atom stereocenters. The summed E-state index contributed by atoms with van der Waals surface area (Å²) < 4.78 is 6.91. The van der Waals surface area contributed by atoms with Crippen molar-refractivity contribution in [2.24, 2.45) is 0 Å². The van der Waals surface area contributed by atoms with Gasteiger partial charge in [0.05, 0.1) is 24.1 Å². The van der Waals surface area contributed by atoms with Gasteiger partial charge >= 0.3 is 5.97 Å². The van der Waals surface area contributed by atoms with Crippen molar-refractivity contribution in [3.8, 4) is 5.69 Å². The average Bonchev–Trinajstić information content (AvgIpc) is 3.24. The van der Waals surface area contributed by atoms with Crippen molar-refractivity contribution in [3.63, 3.8) is 0 Å². The first-order chi connectivity index (χ1) is 16.4. The van der Waals surface area contributed by atoms with Gasteiger partial charge < -0.3 is 14.6 Å². The van der Waals surface area contributed by atoms with Crippen molar-refractivity contribution in [2.45, 2.75) is 27.2 Å². The van der Waals surface area contributed by atoms with Gasteiger partial charge in [-0.25, -0.2) is 9.78 Å². The Kier molecular flexibility index (Phi) is 6.59. The number of hydrogen-bond donors (Lipinski definition) is 1. The minimum Gasteiger partial charge on any atom is -0.465 e. The molecule has 172 valence electrons. The number of benzene rings is 3. The van der Waals surface area contributed by atoms with Crippen LogP contribution in [0.2, 0.25) is 0 Å². The van der Waals surface area contributed by atoms with Crippen LogP contribution in [0.25, 0.3) is 22.0 Å². The molecule has 0 fully saturated rings. The summed E-state index contributed by atoms with van der Waals surface area (Å²) in [4.78, 5) is 29.9. The van der Waals surface area contributed by atoms with Crippen molar-refractivity contribution >= 4 is 33.9 Å². The molecule has 0 aliphatic carbocycles. The van der Waals surface area contributed by atoms with Crippen LogP contribution in [0.1, 0.15) is 41.3 Å². The van der Waals surface area contributed by atoms with Crippen molar-refractivity contribution in [3.05, 3.63) is 95.6 Å². The molecular weight excluding hydrogens is 426 g/mol. The van der Waals surface area contributed by atoms with Gasteiger partial charge in [0.2, 0.25) is 5.91 Å². The quantitative estimate of drug-likeness (QED) is 0.299. The molecule has 0 saturated heterocycles. The number of carbonyl (C=O) groups is 2. The van der Waals surface area contributed by atoms with Gasteiger partial charge in [-0.3, -0.25) is 4.79 Å². The van der Waals surface area contributed by atoms with E-state index in [1.54, 1.807) is 12.1 Å². The number of methoxy groups -OCH3 is 1. The zero-order valence-electron chi connectivity index (χ0n) is 19.8. The first-order valence-corrected chi connectivity index (χ1v) is 11.2. The molecule has 0 aliphatic heterocycles. The van der Waals surface area contributed by atoms with Crippen LogP contribution >= 0.6 is 0 Å². The van der Waals surface area contributed by atoms with Gasteiger partial charge in [0.1, 0.15) is 5.82 Å². The molecule has 0 unspecified atom stereocenters. The zero-order valence-corrected chi connectivity index (χ0v) is 19.8. The van der Waals surface area contributed by atoms with Crippen molar-refractivity contribution in [1.82, 2.24) is 9.55 Å². The molecule has 1 N–H and O–H groups in total. The molecule has 6 heteroatoms. The van der Waals surface area contributed by atoms with Crippen molar-refractivity contribution < 1.29 is 14.3 Å². The summed E-state index contributed by atoms with van der Waals surface area (Å²) in [5, 5.41) is 5.09. The number of carbonyl (C=O) groups excluding carboxylic acids is 2. The van der Waals surface area contributed by atoms with E-state index in [4.69, 9.17) is 4.74 Å². The fourth-order valence-electron chi connectivity index (χ4n) is 3.97. The number of rotatable bonds is 6. The van der Waals surface area contributed by atoms with Gasteiger partial charge in [0.15, 0.2) is 0 Å². The molecule has 0 spiro atoms. The van der Waals surface area contributed by atoms with Crippen molar-refractivity contribution in [2.75, 3.05) is 12.4 Å². The van der Waals surface area contributed by atoms with Gasteiger partial charge in [-0.1, -0.05) is 43.3 Å². The maximum atomic E-state index is 12.8. The fourth-order valence-corrected chi connectivity index (χ4v) is 3.97. The summed E-state index contributed by atoms with van der Waals surface area (Å²) >= 11 is 0. The summed E-state index contributed by atoms with van der Waals surface area (Å²) in [6.45, 7) is 5.84. The van der Waals surface area contributed by atoms with E-state index >= 15 is 0 Å². The third-order valence-electron chi connectivity index (χ3n) is 5.71. The molecule has 1 aromatic heterocycles. The van der Waals surface area contributed by atoms with Crippen LogP contribution in [-0.2, 0) is 16.0 Å². The summed E-state index contributed by atoms with van der Waals surface area (Å²) in [6, 6.07) is 19.5. The van der Waals surface area contributed by atoms with E-state index in [0.717, 1.165) is 45.5 Å². The lowest BCUT2D eigenvalue weighted by Gasteiger charge is -2.13. The van der Waals surface area contributed by atoms with E-state index in [0.29, 0.717) is 5.69 Å². The molecule has 4 aromatic rings. The largest absolute Gasteiger partial charge is 0.465 e. The molecule has 0 aliphatic rings. The lowest BCUT2D eigenvalue weighted by Crippen LogP contribution is -2.14. The van der Waals surface area contributed by atoms with Gasteiger partial charge in [-0.2, -0.15) is 0 Å². The van der Waals surface area contributed by atoms with Crippen LogP contribution in [0.15, 0.2) is 72.9 Å². The Hall–Kier alpha value is -4.19. The SMILES string of the molecule is CCc1nc(C)cn1-c1ccc(NC(=O)/C=C(/C)c2ccc3ccccc3c2)c(C(=O)OC)c1. The Bertz CT molecular complexity index is 1420. The van der Waals surface area contributed by atoms with Crippen LogP contribution in [0.3, 0.4) is 0 Å². The monoisotopic (exact) mass is 453 g/mol. The number of aryl methyl sites for hydroxylation is 2. The van der Waals surface area contributed by atoms with Crippen molar-refractivity contribution in [1.29, 1.82) is 0 Å². The maximum Gasteiger partial charge on any atom is 0.340 e. The zero-order chi connectivity index (χ0) is 24.2.